The van der Waals surface area contributed by atoms with Crippen LogP contribution >= 0.6 is 0 Å². The van der Waals surface area contributed by atoms with Gasteiger partial charge in [-0.1, -0.05) is 50.6 Å². The van der Waals surface area contributed by atoms with Gasteiger partial charge in [0, 0.05) is 33.2 Å². The predicted molar refractivity (Wildman–Crippen MR) is 106 cm³/mol. The number of aryl methyl sites for hydroxylation is 1. The minimum Gasteiger partial charge on any atom is -0.356 e. The molecule has 1 aromatic rings. The molecule has 0 amide bonds. The molecule has 142 valence electrons. The van der Waals surface area contributed by atoms with E-state index in [0.717, 1.165) is 6.54 Å². The molecule has 0 radical (unpaired) electrons. The van der Waals surface area contributed by atoms with E-state index in [-0.39, 0.29) is 5.75 Å². The highest BCUT2D eigenvalue weighted by atomic mass is 32.2. The summed E-state index contributed by atoms with van der Waals surface area (Å²) in [6, 6.07) is 8.44. The second-order valence-electron chi connectivity index (χ2n) is 6.10. The maximum absolute atomic E-state index is 12.2. The Labute approximate surface area is 152 Å². The molecule has 0 fully saturated rings. The zero-order valence-corrected chi connectivity index (χ0v) is 16.9. The Morgan fingerprint density at radius 2 is 1.92 bits per heavy atom. The molecule has 2 N–H and O–H groups in total. The molecule has 0 heterocycles. The summed E-state index contributed by atoms with van der Waals surface area (Å²) in [6.07, 6.45) is 0. The van der Waals surface area contributed by atoms with Crippen molar-refractivity contribution in [1.29, 1.82) is 0 Å². The molecule has 1 unspecified atom stereocenters. The van der Waals surface area contributed by atoms with E-state index >= 15 is 0 Å². The van der Waals surface area contributed by atoms with E-state index in [1.807, 2.05) is 13.8 Å². The van der Waals surface area contributed by atoms with Crippen LogP contribution in [0.15, 0.2) is 29.3 Å². The molecule has 0 aromatic heterocycles. The Hall–Kier alpha value is -1.60. The fourth-order valence-electron chi connectivity index (χ4n) is 2.61. The first-order chi connectivity index (χ1) is 11.8. The molecule has 0 bridgehead atoms. The lowest BCUT2D eigenvalue weighted by molar-refractivity contribution is 0.445. The van der Waals surface area contributed by atoms with Gasteiger partial charge in [0.1, 0.15) is 0 Å². The fraction of sp³-hybridized carbons (Fsp3) is 0.611. The predicted octanol–water partition coefficient (Wildman–Crippen LogP) is 1.94. The standard InChI is InChI=1S/C18H32N4O2S/c1-6-22(7-2)25(23,24)12-11-20-18(19-5)21-14-16(4)17-10-8-9-15(3)13-17/h8-10,13,16H,6-7,11-12,14H2,1-5H3,(H2,19,20,21). The highest BCUT2D eigenvalue weighted by Gasteiger charge is 2.18. The van der Waals surface area contributed by atoms with Crippen LogP contribution in [0.2, 0.25) is 0 Å². The summed E-state index contributed by atoms with van der Waals surface area (Å²) in [7, 11) is -1.53. The van der Waals surface area contributed by atoms with E-state index in [4.69, 9.17) is 0 Å². The molecule has 25 heavy (non-hydrogen) atoms. The minimum absolute atomic E-state index is 0.0583. The van der Waals surface area contributed by atoms with Crippen molar-refractivity contribution < 1.29 is 8.42 Å². The second-order valence-corrected chi connectivity index (χ2v) is 8.18. The van der Waals surface area contributed by atoms with Gasteiger partial charge in [-0.2, -0.15) is 0 Å². The summed E-state index contributed by atoms with van der Waals surface area (Å²) >= 11 is 0. The lowest BCUT2D eigenvalue weighted by Crippen LogP contribution is -2.43. The zero-order valence-electron chi connectivity index (χ0n) is 16.0. The van der Waals surface area contributed by atoms with Crippen LogP contribution in [0, 0.1) is 6.92 Å². The van der Waals surface area contributed by atoms with Crippen molar-refractivity contribution in [3.05, 3.63) is 35.4 Å². The van der Waals surface area contributed by atoms with Gasteiger partial charge in [0.2, 0.25) is 10.0 Å². The first-order valence-corrected chi connectivity index (χ1v) is 10.4. The molecule has 0 saturated carbocycles. The topological polar surface area (TPSA) is 73.8 Å². The molecule has 1 aromatic carbocycles. The first kappa shape index (κ1) is 21.4. The van der Waals surface area contributed by atoms with E-state index in [1.165, 1.54) is 15.4 Å². The number of guanidine groups is 1. The third-order valence-corrected chi connectivity index (χ3v) is 6.18. The number of sulfonamides is 1. The Morgan fingerprint density at radius 1 is 1.24 bits per heavy atom. The van der Waals surface area contributed by atoms with Crippen LogP contribution in [0.5, 0.6) is 0 Å². The van der Waals surface area contributed by atoms with Gasteiger partial charge < -0.3 is 10.6 Å². The average molecular weight is 369 g/mol. The number of rotatable bonds is 9. The second kappa shape index (κ2) is 10.4. The van der Waals surface area contributed by atoms with E-state index < -0.39 is 10.0 Å². The van der Waals surface area contributed by atoms with Gasteiger partial charge >= 0.3 is 0 Å². The summed E-state index contributed by atoms with van der Waals surface area (Å²) in [5, 5.41) is 6.34. The van der Waals surface area contributed by atoms with Gasteiger partial charge in [0.15, 0.2) is 5.96 Å². The van der Waals surface area contributed by atoms with Crippen LogP contribution in [0.1, 0.15) is 37.8 Å². The SMILES string of the molecule is CCN(CC)S(=O)(=O)CCNC(=NC)NCC(C)c1cccc(C)c1. The largest absolute Gasteiger partial charge is 0.356 e. The Balaban J connectivity index is 2.48. The summed E-state index contributed by atoms with van der Waals surface area (Å²) in [5.41, 5.74) is 2.51. The van der Waals surface area contributed by atoms with Crippen LogP contribution < -0.4 is 10.6 Å². The summed E-state index contributed by atoms with van der Waals surface area (Å²) in [6.45, 7) is 9.99. The van der Waals surface area contributed by atoms with Crippen LogP contribution in [-0.2, 0) is 10.0 Å². The average Bonchev–Trinajstić information content (AvgIpc) is 2.58. The molecular weight excluding hydrogens is 336 g/mol. The quantitative estimate of drug-likeness (QED) is 0.516. The molecule has 0 aliphatic carbocycles. The smallest absolute Gasteiger partial charge is 0.215 e. The van der Waals surface area contributed by atoms with Crippen LogP contribution in [0.3, 0.4) is 0 Å². The van der Waals surface area contributed by atoms with Gasteiger partial charge in [-0.3, -0.25) is 4.99 Å². The Morgan fingerprint density at radius 3 is 2.48 bits per heavy atom. The molecule has 6 nitrogen and oxygen atoms in total. The Kier molecular flexibility index (Phi) is 8.92. The van der Waals surface area contributed by atoms with E-state index in [2.05, 4.69) is 53.7 Å². The van der Waals surface area contributed by atoms with Gasteiger partial charge in [-0.15, -0.1) is 0 Å². The number of hydrogen-bond donors (Lipinski definition) is 2. The van der Waals surface area contributed by atoms with E-state index in [1.54, 1.807) is 7.05 Å². The number of nitrogens with zero attached hydrogens (tertiary/aromatic N) is 2. The highest BCUT2D eigenvalue weighted by molar-refractivity contribution is 7.89. The van der Waals surface area contributed by atoms with Crippen molar-refractivity contribution in [2.75, 3.05) is 39.0 Å². The Bertz CT molecular complexity index is 655. The van der Waals surface area contributed by atoms with Crippen molar-refractivity contribution >= 4 is 16.0 Å². The maximum atomic E-state index is 12.2. The van der Waals surface area contributed by atoms with Crippen LogP contribution in [0.4, 0.5) is 0 Å². The normalized spacial score (nSPS) is 13.8. The lowest BCUT2D eigenvalue weighted by Gasteiger charge is -2.20. The van der Waals surface area contributed by atoms with Crippen molar-refractivity contribution in [2.45, 2.75) is 33.6 Å². The molecule has 0 aliphatic rings. The number of nitrogens with one attached hydrogen (secondary N) is 2. The van der Waals surface area contributed by atoms with Gasteiger partial charge in [-0.05, 0) is 18.4 Å². The fourth-order valence-corrected chi connectivity index (χ4v) is 4.01. The van der Waals surface area contributed by atoms with Gasteiger partial charge in [0.05, 0.1) is 5.75 Å². The monoisotopic (exact) mass is 368 g/mol. The van der Waals surface area contributed by atoms with Crippen LogP contribution in [0.25, 0.3) is 0 Å². The van der Waals surface area contributed by atoms with Gasteiger partial charge in [0.25, 0.3) is 0 Å². The van der Waals surface area contributed by atoms with E-state index in [0.29, 0.717) is 31.5 Å². The number of benzene rings is 1. The van der Waals surface area contributed by atoms with E-state index in [9.17, 15) is 8.42 Å². The molecule has 7 heteroatoms. The molecule has 1 atom stereocenters. The number of hydrogen-bond acceptors (Lipinski definition) is 3. The summed E-state index contributed by atoms with van der Waals surface area (Å²) in [5.74, 6) is 1.01. The van der Waals surface area contributed by atoms with Gasteiger partial charge in [-0.25, -0.2) is 12.7 Å². The molecular formula is C18H32N4O2S. The van der Waals surface area contributed by atoms with Crippen molar-refractivity contribution in [1.82, 2.24) is 14.9 Å². The third-order valence-electron chi connectivity index (χ3n) is 4.16. The maximum Gasteiger partial charge on any atom is 0.215 e. The van der Waals surface area contributed by atoms with Crippen LogP contribution in [-0.4, -0.2) is 57.7 Å². The minimum atomic E-state index is -3.22. The molecule has 1 rings (SSSR count). The molecule has 0 spiro atoms. The van der Waals surface area contributed by atoms with Crippen molar-refractivity contribution in [3.63, 3.8) is 0 Å². The van der Waals surface area contributed by atoms with Crippen molar-refractivity contribution in [2.24, 2.45) is 4.99 Å². The molecule has 0 aliphatic heterocycles. The molecule has 0 saturated heterocycles. The number of aliphatic imine (C=N–C) groups is 1. The highest BCUT2D eigenvalue weighted by Crippen LogP contribution is 2.15. The third kappa shape index (κ3) is 7.04. The first-order valence-electron chi connectivity index (χ1n) is 8.82. The summed E-state index contributed by atoms with van der Waals surface area (Å²) < 4.78 is 25.8. The van der Waals surface area contributed by atoms with Crippen molar-refractivity contribution in [3.8, 4) is 0 Å². The lowest BCUT2D eigenvalue weighted by atomic mass is 9.99. The zero-order chi connectivity index (χ0) is 18.9. The summed E-state index contributed by atoms with van der Waals surface area (Å²) in [4.78, 5) is 4.16.